The van der Waals surface area contributed by atoms with E-state index in [2.05, 4.69) is 6.92 Å². The Kier molecular flexibility index (Phi) is 7.01. The van der Waals surface area contributed by atoms with Crippen LogP contribution in [0.3, 0.4) is 0 Å². The molecule has 0 saturated heterocycles. The van der Waals surface area contributed by atoms with Crippen LogP contribution in [-0.2, 0) is 9.53 Å². The summed E-state index contributed by atoms with van der Waals surface area (Å²) in [5, 5.41) is 8.75. The summed E-state index contributed by atoms with van der Waals surface area (Å²) < 4.78 is 5.93. The van der Waals surface area contributed by atoms with Crippen LogP contribution in [0.2, 0.25) is 0 Å². The molecular formula is C12H24NO3+. The molecule has 0 saturated carbocycles. The van der Waals surface area contributed by atoms with Gasteiger partial charge >= 0.3 is 5.97 Å². The highest BCUT2D eigenvalue weighted by Crippen LogP contribution is 2.05. The van der Waals surface area contributed by atoms with Gasteiger partial charge in [-0.3, -0.25) is 0 Å². The first-order valence-electron chi connectivity index (χ1n) is 5.60. The van der Waals surface area contributed by atoms with E-state index in [-0.39, 0.29) is 6.54 Å². The van der Waals surface area contributed by atoms with Crippen LogP contribution in [0, 0.1) is 5.92 Å². The van der Waals surface area contributed by atoms with Gasteiger partial charge in [0.15, 0.2) is 6.54 Å². The van der Waals surface area contributed by atoms with Crippen LogP contribution in [0.4, 0.5) is 0 Å². The van der Waals surface area contributed by atoms with Gasteiger partial charge in [0, 0.05) is 5.92 Å². The van der Waals surface area contributed by atoms with Crippen LogP contribution in [0.25, 0.3) is 0 Å². The molecule has 94 valence electrons. The first-order chi connectivity index (χ1) is 7.37. The second-order valence-electron chi connectivity index (χ2n) is 4.88. The number of allylic oxidation sites excluding steroid dienone is 1. The normalized spacial score (nSPS) is 14.2. The Labute approximate surface area is 98.1 Å². The van der Waals surface area contributed by atoms with Gasteiger partial charge < -0.3 is 14.3 Å². The van der Waals surface area contributed by atoms with Crippen molar-refractivity contribution < 1.29 is 19.1 Å². The number of carbonyl (C=O) groups is 1. The fraction of sp³-hybridized carbons (Fsp3) is 0.750. The number of ether oxygens (including phenoxy) is 1. The first kappa shape index (κ1) is 15.1. The van der Waals surface area contributed by atoms with Gasteiger partial charge in [0.05, 0.1) is 33.9 Å². The summed E-state index contributed by atoms with van der Waals surface area (Å²) in [6.45, 7) is 6.30. The first-order valence-corrected chi connectivity index (χ1v) is 5.60. The number of carboxylic acid groups (broad SMARTS) is 1. The number of rotatable bonds is 8. The van der Waals surface area contributed by atoms with Crippen molar-refractivity contribution in [1.82, 2.24) is 0 Å². The number of hydrogen-bond donors (Lipinski definition) is 1. The van der Waals surface area contributed by atoms with Gasteiger partial charge in [-0.05, 0) is 6.92 Å². The molecular weight excluding hydrogens is 206 g/mol. The Hall–Kier alpha value is -0.870. The van der Waals surface area contributed by atoms with Crippen LogP contribution in [0.15, 0.2) is 12.2 Å². The molecule has 1 unspecified atom stereocenters. The quantitative estimate of drug-likeness (QED) is 0.389. The Balaban J connectivity index is 3.84. The van der Waals surface area contributed by atoms with E-state index in [4.69, 9.17) is 9.84 Å². The van der Waals surface area contributed by atoms with Crippen molar-refractivity contribution in [1.29, 1.82) is 0 Å². The maximum absolute atomic E-state index is 10.6. The van der Waals surface area contributed by atoms with Crippen LogP contribution >= 0.6 is 0 Å². The predicted molar refractivity (Wildman–Crippen MR) is 64.3 cm³/mol. The molecule has 1 N–H and O–H groups in total. The second-order valence-corrected chi connectivity index (χ2v) is 4.88. The van der Waals surface area contributed by atoms with E-state index in [0.717, 1.165) is 6.54 Å². The number of aliphatic carboxylic acids is 1. The average Bonchev–Trinajstić information content (AvgIpc) is 2.09. The highest BCUT2D eigenvalue weighted by Gasteiger charge is 2.22. The van der Waals surface area contributed by atoms with Crippen molar-refractivity contribution >= 4 is 5.97 Å². The number of quaternary nitrogens is 1. The fourth-order valence-corrected chi connectivity index (χ4v) is 1.76. The molecule has 16 heavy (non-hydrogen) atoms. The third-order valence-corrected chi connectivity index (χ3v) is 2.22. The summed E-state index contributed by atoms with van der Waals surface area (Å²) in [6.07, 6.45) is 3.92. The molecule has 4 heteroatoms. The third-order valence-electron chi connectivity index (χ3n) is 2.22. The van der Waals surface area contributed by atoms with Crippen molar-refractivity contribution in [2.75, 3.05) is 40.4 Å². The van der Waals surface area contributed by atoms with E-state index in [0.29, 0.717) is 23.6 Å². The van der Waals surface area contributed by atoms with E-state index < -0.39 is 5.97 Å². The van der Waals surface area contributed by atoms with E-state index in [1.165, 1.54) is 0 Å². The highest BCUT2D eigenvalue weighted by molar-refractivity contribution is 5.67. The second kappa shape index (κ2) is 7.41. The molecule has 0 aromatic heterocycles. The molecule has 0 rings (SSSR count). The lowest BCUT2D eigenvalue weighted by molar-refractivity contribution is -0.886. The number of nitrogens with zero attached hydrogens (tertiary/aromatic N) is 1. The summed E-state index contributed by atoms with van der Waals surface area (Å²) in [7, 11) is 3.85. The molecule has 0 radical (unpaired) electrons. The van der Waals surface area contributed by atoms with E-state index in [1.54, 1.807) is 0 Å². The minimum Gasteiger partial charge on any atom is -0.477 e. The predicted octanol–water partition coefficient (Wildman–Crippen LogP) is 1.38. The van der Waals surface area contributed by atoms with Gasteiger partial charge in [-0.1, -0.05) is 19.1 Å². The highest BCUT2D eigenvalue weighted by atomic mass is 16.5. The summed E-state index contributed by atoms with van der Waals surface area (Å²) in [5.74, 6) is -0.397. The van der Waals surface area contributed by atoms with Crippen molar-refractivity contribution in [3.8, 4) is 0 Å². The molecule has 0 aliphatic heterocycles. The average molecular weight is 230 g/mol. The SMILES string of the molecule is C/C=C/COCC(C)C[N+](C)(C)CC(=O)O. The molecule has 0 aromatic carbocycles. The lowest BCUT2D eigenvalue weighted by Gasteiger charge is -2.30. The van der Waals surface area contributed by atoms with Gasteiger partial charge in [-0.2, -0.15) is 0 Å². The Bertz CT molecular complexity index is 236. The largest absolute Gasteiger partial charge is 0.477 e. The molecule has 0 amide bonds. The molecule has 0 aliphatic rings. The standard InChI is InChI=1S/C12H23NO3/c1-5-6-7-16-10-11(2)8-13(3,4)9-12(14)15/h5-6,11H,7-10H2,1-4H3/p+1/b6-5+. The molecule has 0 heterocycles. The third kappa shape index (κ3) is 8.44. The minimum atomic E-state index is -0.757. The van der Waals surface area contributed by atoms with Crippen LogP contribution in [-0.4, -0.2) is 56.0 Å². The van der Waals surface area contributed by atoms with Crippen molar-refractivity contribution in [2.24, 2.45) is 5.92 Å². The lowest BCUT2D eigenvalue weighted by atomic mass is 10.1. The monoisotopic (exact) mass is 230 g/mol. The Morgan fingerprint density at radius 3 is 2.62 bits per heavy atom. The Morgan fingerprint density at radius 1 is 1.50 bits per heavy atom. The number of carboxylic acids is 1. The van der Waals surface area contributed by atoms with Crippen LogP contribution in [0.1, 0.15) is 13.8 Å². The Morgan fingerprint density at radius 2 is 2.12 bits per heavy atom. The number of likely N-dealkylation sites (N-methyl/N-ethyl adjacent to an activating group) is 1. The van der Waals surface area contributed by atoms with Gasteiger partial charge in [0.25, 0.3) is 0 Å². The maximum Gasteiger partial charge on any atom is 0.359 e. The molecule has 0 aromatic rings. The molecule has 0 fully saturated rings. The molecule has 0 bridgehead atoms. The van der Waals surface area contributed by atoms with E-state index >= 15 is 0 Å². The van der Waals surface area contributed by atoms with Crippen LogP contribution in [0.5, 0.6) is 0 Å². The van der Waals surface area contributed by atoms with E-state index in [9.17, 15) is 4.79 Å². The maximum atomic E-state index is 10.6. The molecule has 0 aliphatic carbocycles. The molecule has 4 nitrogen and oxygen atoms in total. The van der Waals surface area contributed by atoms with Crippen molar-refractivity contribution in [2.45, 2.75) is 13.8 Å². The van der Waals surface area contributed by atoms with E-state index in [1.807, 2.05) is 33.2 Å². The summed E-state index contributed by atoms with van der Waals surface area (Å²) >= 11 is 0. The topological polar surface area (TPSA) is 46.5 Å². The zero-order valence-electron chi connectivity index (χ0n) is 10.8. The smallest absolute Gasteiger partial charge is 0.359 e. The van der Waals surface area contributed by atoms with Gasteiger partial charge in [0.2, 0.25) is 0 Å². The fourth-order valence-electron chi connectivity index (χ4n) is 1.76. The van der Waals surface area contributed by atoms with Gasteiger partial charge in [0.1, 0.15) is 0 Å². The minimum absolute atomic E-state index is 0.152. The van der Waals surface area contributed by atoms with Crippen LogP contribution < -0.4 is 0 Å². The summed E-state index contributed by atoms with van der Waals surface area (Å²) in [6, 6.07) is 0. The molecule has 1 atom stereocenters. The number of hydrogen-bond acceptors (Lipinski definition) is 2. The lowest BCUT2D eigenvalue weighted by Crippen LogP contribution is -2.47. The van der Waals surface area contributed by atoms with Gasteiger partial charge in [-0.15, -0.1) is 0 Å². The zero-order valence-corrected chi connectivity index (χ0v) is 10.8. The van der Waals surface area contributed by atoms with Gasteiger partial charge in [-0.25, -0.2) is 4.79 Å². The summed E-state index contributed by atoms with van der Waals surface area (Å²) in [5.41, 5.74) is 0. The van der Waals surface area contributed by atoms with Crippen molar-refractivity contribution in [3.05, 3.63) is 12.2 Å². The van der Waals surface area contributed by atoms with Crippen molar-refractivity contribution in [3.63, 3.8) is 0 Å². The zero-order chi connectivity index (χ0) is 12.6. The molecule has 0 spiro atoms. The summed E-state index contributed by atoms with van der Waals surface area (Å²) in [4.78, 5) is 10.6.